The van der Waals surface area contributed by atoms with Crippen LogP contribution in [-0.4, -0.2) is 289 Å². The fourth-order valence-corrected chi connectivity index (χ4v) is 11.4. The van der Waals surface area contributed by atoms with Crippen LogP contribution in [0.15, 0.2) is 48.5 Å². The number of para-hydroxylation sites is 2. The third-order valence-electron chi connectivity index (χ3n) is 17.7. The summed E-state index contributed by atoms with van der Waals surface area (Å²) in [5, 5.41) is 142. The van der Waals surface area contributed by atoms with E-state index >= 15 is 0 Å². The lowest BCUT2D eigenvalue weighted by Crippen LogP contribution is -2.58. The highest BCUT2D eigenvalue weighted by Crippen LogP contribution is 2.38. The summed E-state index contributed by atoms with van der Waals surface area (Å²) >= 11 is 0. The zero-order valence-corrected chi connectivity index (χ0v) is 60.4. The van der Waals surface area contributed by atoms with Gasteiger partial charge >= 0.3 is 18.0 Å². The smallest absolute Gasteiger partial charge is 0.319 e. The number of likely N-dealkylation sites (N-methyl/N-ethyl adjacent to an activating group) is 1. The van der Waals surface area contributed by atoms with Gasteiger partial charge in [0.2, 0.25) is 41.4 Å². The third kappa shape index (κ3) is 30.6. The molecule has 2 aliphatic rings. The fraction of sp³-hybridized carbons (Fsp3) is 0.638. The van der Waals surface area contributed by atoms with Crippen LogP contribution in [0.25, 0.3) is 0 Å². The first-order chi connectivity index (χ1) is 50.6. The Morgan fingerprint density at radius 2 is 1.06 bits per heavy atom. The molecule has 1 aliphatic carbocycles. The molecule has 1 heterocycles. The first-order valence-electron chi connectivity index (χ1n) is 35.5. The molecular formula is C69H106N12O26. The van der Waals surface area contributed by atoms with Crippen LogP contribution in [0.2, 0.25) is 0 Å². The number of fused-ring (bicyclic) bond motifs is 1. The van der Waals surface area contributed by atoms with E-state index in [1.807, 2.05) is 12.1 Å². The minimum absolute atomic E-state index is 0.00650. The van der Waals surface area contributed by atoms with Crippen LogP contribution in [-0.2, 0) is 57.5 Å². The van der Waals surface area contributed by atoms with Gasteiger partial charge < -0.3 is 129 Å². The molecular weight excluding hydrogens is 1410 g/mol. The molecule has 0 bridgehead atoms. The molecule has 11 amide bonds. The number of amides is 11. The van der Waals surface area contributed by atoms with Gasteiger partial charge in [-0.25, -0.2) is 4.79 Å². The molecule has 0 saturated heterocycles. The quantitative estimate of drug-likeness (QED) is 0.0276. The molecule has 13 atom stereocenters. The number of nitrogens with one attached hydrogen (secondary N) is 10. The molecule has 0 aromatic heterocycles. The number of benzene rings is 2. The normalized spacial score (nSPS) is 17.3. The highest BCUT2D eigenvalue weighted by atomic mass is 16.5. The predicted molar refractivity (Wildman–Crippen MR) is 379 cm³/mol. The number of carbonyl (C=O) groups excluding carboxylic acids is 11. The number of carboxylic acids is 2. The Bertz CT molecular complexity index is 3300. The highest BCUT2D eigenvalue weighted by molar-refractivity contribution is 6.08. The van der Waals surface area contributed by atoms with Gasteiger partial charge in [-0.3, -0.25) is 57.5 Å². The summed E-state index contributed by atoms with van der Waals surface area (Å²) in [6, 6.07) is 4.52. The van der Waals surface area contributed by atoms with E-state index in [1.165, 1.54) is 36.1 Å². The van der Waals surface area contributed by atoms with Crippen LogP contribution in [0.1, 0.15) is 134 Å². The average molecular weight is 1520 g/mol. The number of aliphatic hydroxyl groups is 10. The lowest BCUT2D eigenvalue weighted by Gasteiger charge is -2.37. The second-order valence-electron chi connectivity index (χ2n) is 27.1. The summed E-state index contributed by atoms with van der Waals surface area (Å²) in [5.41, 5.74) is 0.870. The Morgan fingerprint density at radius 3 is 1.58 bits per heavy atom. The lowest BCUT2D eigenvalue weighted by atomic mass is 9.90. The zero-order chi connectivity index (χ0) is 79.7. The van der Waals surface area contributed by atoms with Gasteiger partial charge in [0.1, 0.15) is 66.8 Å². The van der Waals surface area contributed by atoms with Crippen molar-refractivity contribution in [2.24, 2.45) is 5.41 Å². The molecule has 0 unspecified atom stereocenters. The van der Waals surface area contributed by atoms with Crippen molar-refractivity contribution < 1.29 is 128 Å². The zero-order valence-electron chi connectivity index (χ0n) is 60.4. The van der Waals surface area contributed by atoms with Gasteiger partial charge in [0.15, 0.2) is 5.78 Å². The first kappa shape index (κ1) is 90.3. The second-order valence-corrected chi connectivity index (χ2v) is 27.1. The van der Waals surface area contributed by atoms with Crippen molar-refractivity contribution in [1.29, 1.82) is 0 Å². The van der Waals surface area contributed by atoms with Gasteiger partial charge in [0, 0.05) is 87.5 Å². The number of ketones is 1. The first-order valence-corrected chi connectivity index (χ1v) is 35.5. The largest absolute Gasteiger partial charge is 0.481 e. The van der Waals surface area contributed by atoms with Crippen molar-refractivity contribution in [3.05, 3.63) is 54.1 Å². The lowest BCUT2D eigenvalue weighted by molar-refractivity contribution is -0.139. The Labute approximate surface area is 617 Å². The molecule has 0 spiro atoms. The summed E-state index contributed by atoms with van der Waals surface area (Å²) in [7, 11) is 0. The van der Waals surface area contributed by atoms with Crippen molar-refractivity contribution in [3.63, 3.8) is 0 Å². The van der Waals surface area contributed by atoms with Gasteiger partial charge in [-0.15, -0.1) is 0 Å². The predicted octanol–water partition coefficient (Wildman–Crippen LogP) is -5.03. The van der Waals surface area contributed by atoms with Gasteiger partial charge in [-0.2, -0.15) is 0 Å². The summed E-state index contributed by atoms with van der Waals surface area (Å²) in [5.74, 6) is -11.3. The Morgan fingerprint density at radius 1 is 0.551 bits per heavy atom. The number of carbonyl (C=O) groups is 13. The minimum atomic E-state index is -2.11. The van der Waals surface area contributed by atoms with Gasteiger partial charge in [-0.1, -0.05) is 58.2 Å². The number of ether oxygens (including phenoxy) is 1. The van der Waals surface area contributed by atoms with Crippen LogP contribution >= 0.6 is 0 Å². The number of nitrogens with zero attached hydrogens (tertiary/aromatic N) is 2. The molecule has 598 valence electrons. The SMILES string of the molecule is CCNC(=O)[C@H](CCC(=O)NC[C@@H](O)[C@H](O)[C@@H](O)[C@@H](O)CO)NC(=O)[C@H](CCCC(=O)O)NC(=O)[C@H](CCC(=O)NC[C@@H](O)[C@H](O)[C@@H](O)[C@@H](O)CO)NC(=O)[C@H](CCC(=O)O)NC(=O)CCOCCNC(=O)c1cccc(NC(=O)N[C@@H]2CN(C3CCCCC3)c3ccccc3N(CC(=O)C(C)(C)C)C2=O)c1. The van der Waals surface area contributed by atoms with Crippen molar-refractivity contribution in [3.8, 4) is 0 Å². The molecule has 1 aliphatic heterocycles. The Balaban J connectivity index is 1.44. The number of anilines is 3. The number of urea groups is 1. The number of carboxylic acid groups (broad SMARTS) is 2. The fourth-order valence-electron chi connectivity index (χ4n) is 11.4. The Hall–Kier alpha value is -9.09. The van der Waals surface area contributed by atoms with Crippen molar-refractivity contribution >= 4 is 94.0 Å². The van der Waals surface area contributed by atoms with E-state index in [-0.39, 0.29) is 68.9 Å². The van der Waals surface area contributed by atoms with Gasteiger partial charge in [0.25, 0.3) is 11.8 Å². The van der Waals surface area contributed by atoms with Crippen LogP contribution in [0, 0.1) is 5.41 Å². The topological polar surface area (TPSA) is 601 Å². The summed E-state index contributed by atoms with van der Waals surface area (Å²) in [6.07, 6.45) is -16.7. The number of hydrogen-bond donors (Lipinski definition) is 22. The van der Waals surface area contributed by atoms with Crippen LogP contribution in [0.4, 0.5) is 21.9 Å². The van der Waals surface area contributed by atoms with E-state index in [4.69, 9.17) is 14.9 Å². The van der Waals surface area contributed by atoms with Crippen molar-refractivity contribution in [2.75, 3.05) is 80.8 Å². The van der Waals surface area contributed by atoms with Crippen molar-refractivity contribution in [1.82, 2.24) is 47.9 Å². The van der Waals surface area contributed by atoms with E-state index in [2.05, 4.69) is 58.1 Å². The van der Waals surface area contributed by atoms with E-state index in [0.29, 0.717) is 5.69 Å². The maximum absolute atomic E-state index is 14.5. The molecule has 1 saturated carbocycles. The molecule has 22 N–H and O–H groups in total. The second kappa shape index (κ2) is 45.5. The number of hydrogen-bond acceptors (Lipinski definition) is 25. The third-order valence-corrected chi connectivity index (χ3v) is 17.7. The molecule has 2 aromatic carbocycles. The van der Waals surface area contributed by atoms with E-state index in [1.54, 1.807) is 32.9 Å². The van der Waals surface area contributed by atoms with Crippen LogP contribution < -0.4 is 63.0 Å². The summed E-state index contributed by atoms with van der Waals surface area (Å²) in [4.78, 5) is 178. The molecule has 107 heavy (non-hydrogen) atoms. The van der Waals surface area contributed by atoms with E-state index in [0.717, 1.165) is 37.8 Å². The van der Waals surface area contributed by atoms with Crippen molar-refractivity contribution in [2.45, 2.75) is 209 Å². The molecule has 38 nitrogen and oxygen atoms in total. The molecule has 38 heteroatoms. The molecule has 0 radical (unpaired) electrons. The standard InChI is InChI=1S/C69H106N12O26/c1-5-70-63(101)42(21-24-53(89)72-32-48(84)58(96)60(98)50(86)36-82)77-64(102)41(17-12-20-56(92)93)76-66(104)44(22-25-54(90)73-33-49(85)59(97)61(99)51(87)37-83)78-65(103)43(23-26-57(94)95)75-55(91)27-29-107-30-28-71-62(100)38-13-11-14-39(31-38)74-68(106)79-45-34-80(40-15-7-6-8-16-40)46-18-9-10-19-47(46)81(67(45)105)35-52(88)69(2,3)4/h9-11,13-14,18-19,31,40-45,48-51,58-61,82-87,96-99H,5-8,12,15-17,20-30,32-37H2,1-4H3,(H,70,101)(H,71,100)(H,72,89)(H,73,90)(H,75,91)(H,76,104)(H,77,102)(H,78,103)(H,92,93)(H,94,95)(H2,74,79,106)/t41-,42-,43-,44-,45+,48+,49+,50-,51-,58-,59-,60-,61-/m0/s1. The molecule has 4 rings (SSSR count). The van der Waals surface area contributed by atoms with E-state index in [9.17, 15) is 113 Å². The molecule has 1 fully saturated rings. The van der Waals surface area contributed by atoms with Crippen LogP contribution in [0.5, 0.6) is 0 Å². The summed E-state index contributed by atoms with van der Waals surface area (Å²) in [6.45, 7) is 2.58. The minimum Gasteiger partial charge on any atom is -0.481 e. The van der Waals surface area contributed by atoms with Gasteiger partial charge in [0.05, 0.1) is 56.6 Å². The number of rotatable bonds is 46. The number of aliphatic hydroxyl groups excluding tert-OH is 10. The monoisotopic (exact) mass is 1520 g/mol. The number of aliphatic carboxylic acids is 2. The Kier molecular flexibility index (Phi) is 38.4. The highest BCUT2D eigenvalue weighted by Gasteiger charge is 2.41. The maximum atomic E-state index is 14.5. The number of Topliss-reactive ketones (excluding diaryl/α,β-unsaturated/α-hetero) is 1. The summed E-state index contributed by atoms with van der Waals surface area (Å²) < 4.78 is 5.56. The average Bonchev–Trinajstić information content (AvgIpc) is 1.73. The molecule has 2 aromatic rings. The van der Waals surface area contributed by atoms with Gasteiger partial charge in [-0.05, 0) is 82.2 Å². The maximum Gasteiger partial charge on any atom is 0.319 e. The van der Waals surface area contributed by atoms with E-state index < -0.39 is 240 Å². The van der Waals surface area contributed by atoms with Crippen LogP contribution in [0.3, 0.4) is 0 Å².